The Morgan fingerprint density at radius 3 is 2.38 bits per heavy atom. The van der Waals surface area contributed by atoms with Crippen molar-refractivity contribution in [2.24, 2.45) is 0 Å². The highest BCUT2D eigenvalue weighted by molar-refractivity contribution is 7.98. The van der Waals surface area contributed by atoms with Crippen molar-refractivity contribution in [1.82, 2.24) is 5.32 Å². The van der Waals surface area contributed by atoms with Gasteiger partial charge in [-0.2, -0.15) is 0 Å². The van der Waals surface area contributed by atoms with Gasteiger partial charge in [-0.3, -0.25) is 9.59 Å². The van der Waals surface area contributed by atoms with E-state index in [1.165, 1.54) is 18.7 Å². The number of amides is 2. The lowest BCUT2D eigenvalue weighted by Crippen LogP contribution is -2.29. The number of carbonyl (C=O) groups is 2. The largest absolute Gasteiger partial charge is 0.497 e. The molecule has 0 aromatic heterocycles. The zero-order valence-electron chi connectivity index (χ0n) is 16.6. The maximum Gasteiger partial charge on any atom is 0.226 e. The van der Waals surface area contributed by atoms with Crippen LogP contribution in [0.5, 0.6) is 17.2 Å². The number of rotatable bonds is 7. The lowest BCUT2D eigenvalue weighted by atomic mass is 10.0. The van der Waals surface area contributed by atoms with E-state index in [-0.39, 0.29) is 18.2 Å². The van der Waals surface area contributed by atoms with E-state index in [1.807, 2.05) is 24.5 Å². The van der Waals surface area contributed by atoms with Crippen molar-refractivity contribution in [2.45, 2.75) is 24.3 Å². The molecule has 2 aromatic rings. The smallest absolute Gasteiger partial charge is 0.226 e. The van der Waals surface area contributed by atoms with E-state index in [0.717, 1.165) is 10.5 Å². The number of nitrogens with one attached hydrogen (secondary N) is 2. The second kappa shape index (κ2) is 9.56. The summed E-state index contributed by atoms with van der Waals surface area (Å²) in [5, 5.41) is 5.77. The van der Waals surface area contributed by atoms with Gasteiger partial charge in [-0.25, -0.2) is 0 Å². The lowest BCUT2D eigenvalue weighted by molar-refractivity contribution is -0.120. The maximum absolute atomic E-state index is 12.8. The minimum absolute atomic E-state index is 0.0914. The van der Waals surface area contributed by atoms with Crippen LogP contribution in [0.2, 0.25) is 0 Å². The third-order valence-corrected chi connectivity index (χ3v) is 5.20. The van der Waals surface area contributed by atoms with E-state index in [1.54, 1.807) is 25.3 Å². The number of hydrogen-bond donors (Lipinski definition) is 2. The minimum Gasteiger partial charge on any atom is -0.497 e. The van der Waals surface area contributed by atoms with Crippen LogP contribution in [-0.2, 0) is 9.59 Å². The van der Waals surface area contributed by atoms with Gasteiger partial charge in [0.05, 0.1) is 25.3 Å². The van der Waals surface area contributed by atoms with E-state index in [2.05, 4.69) is 10.6 Å². The molecule has 1 heterocycles. The molecular weight excluding hydrogens is 392 g/mol. The number of methoxy groups -OCH3 is 1. The summed E-state index contributed by atoms with van der Waals surface area (Å²) in [4.78, 5) is 25.3. The van der Waals surface area contributed by atoms with Crippen LogP contribution in [0, 0.1) is 0 Å². The summed E-state index contributed by atoms with van der Waals surface area (Å²) >= 11 is 1.51. The molecule has 1 unspecified atom stereocenters. The van der Waals surface area contributed by atoms with Gasteiger partial charge in [0.15, 0.2) is 11.5 Å². The monoisotopic (exact) mass is 416 g/mol. The van der Waals surface area contributed by atoms with Crippen molar-refractivity contribution in [3.63, 3.8) is 0 Å². The number of hydrogen-bond acceptors (Lipinski definition) is 6. The Hall–Kier alpha value is -2.87. The molecule has 0 aliphatic carbocycles. The van der Waals surface area contributed by atoms with Gasteiger partial charge in [0.1, 0.15) is 19.0 Å². The van der Waals surface area contributed by atoms with Gasteiger partial charge in [-0.1, -0.05) is 12.1 Å². The van der Waals surface area contributed by atoms with Crippen LogP contribution in [0.15, 0.2) is 41.3 Å². The second-order valence-corrected chi connectivity index (χ2v) is 7.32. The summed E-state index contributed by atoms with van der Waals surface area (Å²) < 4.78 is 16.4. The molecule has 1 aliphatic rings. The average molecular weight is 416 g/mol. The van der Waals surface area contributed by atoms with E-state index < -0.39 is 6.04 Å². The average Bonchev–Trinajstić information content (AvgIpc) is 2.72. The highest BCUT2D eigenvalue weighted by Crippen LogP contribution is 2.39. The fourth-order valence-electron chi connectivity index (χ4n) is 3.06. The topological polar surface area (TPSA) is 85.9 Å². The Bertz CT molecular complexity index is 885. The Morgan fingerprint density at radius 1 is 1.14 bits per heavy atom. The van der Waals surface area contributed by atoms with Crippen LogP contribution >= 0.6 is 11.8 Å². The van der Waals surface area contributed by atoms with E-state index in [0.29, 0.717) is 36.1 Å². The van der Waals surface area contributed by atoms with Crippen molar-refractivity contribution in [1.29, 1.82) is 0 Å². The van der Waals surface area contributed by atoms with Gasteiger partial charge in [-0.15, -0.1) is 11.8 Å². The van der Waals surface area contributed by atoms with Gasteiger partial charge in [0.25, 0.3) is 0 Å². The molecule has 2 N–H and O–H groups in total. The molecule has 29 heavy (non-hydrogen) atoms. The summed E-state index contributed by atoms with van der Waals surface area (Å²) in [5.74, 6) is 1.57. The molecule has 1 aliphatic heterocycles. The van der Waals surface area contributed by atoms with Crippen LogP contribution in [0.4, 0.5) is 5.69 Å². The molecule has 0 spiro atoms. The van der Waals surface area contributed by atoms with Crippen LogP contribution in [0.1, 0.15) is 24.9 Å². The van der Waals surface area contributed by atoms with Crippen molar-refractivity contribution in [3.8, 4) is 17.2 Å². The maximum atomic E-state index is 12.8. The summed E-state index contributed by atoms with van der Waals surface area (Å²) in [7, 11) is 1.59. The molecule has 1 atom stereocenters. The van der Waals surface area contributed by atoms with Crippen molar-refractivity contribution in [3.05, 3.63) is 42.0 Å². The molecule has 154 valence electrons. The molecule has 0 saturated heterocycles. The standard InChI is InChI=1S/C21H24N2O5S/c1-13(24)22-16(14-4-6-15(26-2)7-5-14)11-21(25)23-17-10-18-19(12-20(17)29-3)28-9-8-27-18/h4-7,10,12,16H,8-9,11H2,1-3H3,(H,22,24)(H,23,25). The number of fused-ring (bicyclic) bond motifs is 1. The molecule has 7 nitrogen and oxygen atoms in total. The number of carbonyl (C=O) groups excluding carboxylic acids is 2. The number of thioether (sulfide) groups is 1. The van der Waals surface area contributed by atoms with Gasteiger partial charge in [0, 0.05) is 17.9 Å². The molecule has 0 radical (unpaired) electrons. The molecule has 2 amide bonds. The fourth-order valence-corrected chi connectivity index (χ4v) is 3.61. The highest BCUT2D eigenvalue weighted by Gasteiger charge is 2.20. The minimum atomic E-state index is -0.451. The Kier molecular flexibility index (Phi) is 6.87. The lowest BCUT2D eigenvalue weighted by Gasteiger charge is -2.22. The van der Waals surface area contributed by atoms with Crippen LogP contribution < -0.4 is 24.8 Å². The Labute approximate surface area is 174 Å². The third-order valence-electron chi connectivity index (χ3n) is 4.42. The fraction of sp³-hybridized carbons (Fsp3) is 0.333. The van der Waals surface area contributed by atoms with Crippen molar-refractivity contribution in [2.75, 3.05) is 31.9 Å². The normalized spacial score (nSPS) is 13.3. The summed E-state index contributed by atoms with van der Waals surface area (Å²) in [6.07, 6.45) is 2.02. The van der Waals surface area contributed by atoms with Crippen LogP contribution in [-0.4, -0.2) is 38.4 Å². The summed E-state index contributed by atoms with van der Waals surface area (Å²) in [6, 6.07) is 10.5. The molecule has 0 bridgehead atoms. The first-order valence-electron chi connectivity index (χ1n) is 9.18. The first-order chi connectivity index (χ1) is 14.0. The van der Waals surface area contributed by atoms with E-state index in [9.17, 15) is 9.59 Å². The molecule has 0 fully saturated rings. The predicted molar refractivity (Wildman–Crippen MR) is 112 cm³/mol. The second-order valence-electron chi connectivity index (χ2n) is 6.47. The molecule has 8 heteroatoms. The Morgan fingerprint density at radius 2 is 1.79 bits per heavy atom. The van der Waals surface area contributed by atoms with Crippen LogP contribution in [0.25, 0.3) is 0 Å². The molecule has 3 rings (SSSR count). The number of anilines is 1. The van der Waals surface area contributed by atoms with Gasteiger partial charge < -0.3 is 24.8 Å². The zero-order valence-corrected chi connectivity index (χ0v) is 17.4. The number of ether oxygens (including phenoxy) is 3. The number of benzene rings is 2. The van der Waals surface area contributed by atoms with Crippen LogP contribution in [0.3, 0.4) is 0 Å². The quantitative estimate of drug-likeness (QED) is 0.673. The SMILES string of the molecule is COc1ccc(C(CC(=O)Nc2cc3c(cc2SC)OCCO3)NC(C)=O)cc1. The van der Waals surface area contributed by atoms with Gasteiger partial charge in [0.2, 0.25) is 11.8 Å². The highest BCUT2D eigenvalue weighted by atomic mass is 32.2. The molecule has 0 saturated carbocycles. The van der Waals surface area contributed by atoms with E-state index >= 15 is 0 Å². The molecule has 2 aromatic carbocycles. The predicted octanol–water partition coefficient (Wildman–Crippen LogP) is 3.39. The first kappa shape index (κ1) is 20.9. The van der Waals surface area contributed by atoms with Gasteiger partial charge in [-0.05, 0) is 30.0 Å². The third kappa shape index (κ3) is 5.35. The van der Waals surface area contributed by atoms with E-state index in [4.69, 9.17) is 14.2 Å². The summed E-state index contributed by atoms with van der Waals surface area (Å²) in [6.45, 7) is 2.41. The zero-order chi connectivity index (χ0) is 20.8. The van der Waals surface area contributed by atoms with Crippen molar-refractivity contribution < 1.29 is 23.8 Å². The summed E-state index contributed by atoms with van der Waals surface area (Å²) in [5.41, 5.74) is 1.48. The molecular formula is C21H24N2O5S. The Balaban J connectivity index is 1.76. The van der Waals surface area contributed by atoms with Crippen molar-refractivity contribution >= 4 is 29.3 Å². The van der Waals surface area contributed by atoms with Gasteiger partial charge >= 0.3 is 0 Å². The first-order valence-corrected chi connectivity index (χ1v) is 10.4.